The van der Waals surface area contributed by atoms with Crippen molar-refractivity contribution in [3.05, 3.63) is 95.6 Å². The number of carbonyl (C=O) groups is 3. The Morgan fingerprint density at radius 1 is 0.871 bits per heavy atom. The molecule has 2 amide bonds. The molecule has 7 heteroatoms. The number of nitrogens with zero attached hydrogens (tertiary/aromatic N) is 1. The van der Waals surface area contributed by atoms with Crippen LogP contribution in [-0.2, 0) is 11.2 Å². The van der Waals surface area contributed by atoms with Gasteiger partial charge in [0, 0.05) is 24.7 Å². The second kappa shape index (κ2) is 9.58. The van der Waals surface area contributed by atoms with E-state index in [0.29, 0.717) is 11.3 Å². The standard InChI is InChI=1S/C24H22N2O5/c1-26(19-11-9-18(10-12-19)24(30)31)23(29)21(15-16-7-13-20(27)14-8-16)25-22(28)17-5-3-2-4-6-17/h2-14,21,27H,15H2,1H3,(H,25,28)(H,30,31). The van der Waals surface area contributed by atoms with Crippen molar-refractivity contribution in [2.45, 2.75) is 12.5 Å². The van der Waals surface area contributed by atoms with Crippen LogP contribution in [0.2, 0.25) is 0 Å². The molecule has 3 rings (SSSR count). The summed E-state index contributed by atoms with van der Waals surface area (Å²) in [5.41, 5.74) is 1.81. The number of benzene rings is 3. The van der Waals surface area contributed by atoms with Crippen molar-refractivity contribution in [3.63, 3.8) is 0 Å². The number of phenolic OH excluding ortho intramolecular Hbond substituents is 1. The summed E-state index contributed by atoms with van der Waals surface area (Å²) in [4.78, 5) is 38.4. The van der Waals surface area contributed by atoms with Crippen LogP contribution in [0.5, 0.6) is 5.75 Å². The fraction of sp³-hybridized carbons (Fsp3) is 0.125. The van der Waals surface area contributed by atoms with Gasteiger partial charge in [-0.2, -0.15) is 0 Å². The topological polar surface area (TPSA) is 107 Å². The Morgan fingerprint density at radius 3 is 2.06 bits per heavy atom. The van der Waals surface area contributed by atoms with Gasteiger partial charge < -0.3 is 20.4 Å². The number of anilines is 1. The van der Waals surface area contributed by atoms with Crippen LogP contribution in [-0.4, -0.2) is 41.1 Å². The number of carbonyl (C=O) groups excluding carboxylic acids is 2. The molecule has 0 heterocycles. The lowest BCUT2D eigenvalue weighted by Crippen LogP contribution is -2.48. The molecule has 3 aromatic carbocycles. The number of phenols is 1. The molecule has 31 heavy (non-hydrogen) atoms. The molecule has 3 N–H and O–H groups in total. The monoisotopic (exact) mass is 418 g/mol. The number of hydrogen-bond donors (Lipinski definition) is 3. The van der Waals surface area contributed by atoms with Crippen LogP contribution in [0.3, 0.4) is 0 Å². The molecule has 0 aromatic heterocycles. The van der Waals surface area contributed by atoms with Gasteiger partial charge in [0.25, 0.3) is 5.91 Å². The third-order valence-electron chi connectivity index (χ3n) is 4.85. The number of amides is 2. The lowest BCUT2D eigenvalue weighted by molar-refractivity contribution is -0.120. The van der Waals surface area contributed by atoms with Gasteiger partial charge in [0.2, 0.25) is 5.91 Å². The van der Waals surface area contributed by atoms with Crippen LogP contribution in [0, 0.1) is 0 Å². The SMILES string of the molecule is CN(C(=O)C(Cc1ccc(O)cc1)NC(=O)c1ccccc1)c1ccc(C(=O)O)cc1. The first kappa shape index (κ1) is 21.6. The van der Waals surface area contributed by atoms with E-state index in [0.717, 1.165) is 5.56 Å². The van der Waals surface area contributed by atoms with Crippen LogP contribution in [0.1, 0.15) is 26.3 Å². The molecule has 0 saturated carbocycles. The van der Waals surface area contributed by atoms with Crippen molar-refractivity contribution in [3.8, 4) is 5.75 Å². The van der Waals surface area contributed by atoms with E-state index in [1.165, 1.54) is 41.3 Å². The molecule has 1 unspecified atom stereocenters. The maximum absolute atomic E-state index is 13.2. The predicted molar refractivity (Wildman–Crippen MR) is 116 cm³/mol. The molecule has 7 nitrogen and oxygen atoms in total. The number of rotatable bonds is 7. The zero-order chi connectivity index (χ0) is 22.4. The molecule has 0 spiro atoms. The quantitative estimate of drug-likeness (QED) is 0.547. The van der Waals surface area contributed by atoms with Gasteiger partial charge in [0.05, 0.1) is 5.56 Å². The fourth-order valence-electron chi connectivity index (χ4n) is 3.09. The Hall–Kier alpha value is -4.13. The van der Waals surface area contributed by atoms with Crippen molar-refractivity contribution in [2.24, 2.45) is 0 Å². The molecule has 0 bridgehead atoms. The molecule has 0 aliphatic heterocycles. The van der Waals surface area contributed by atoms with Gasteiger partial charge in [0.1, 0.15) is 11.8 Å². The van der Waals surface area contributed by atoms with Crippen LogP contribution in [0.25, 0.3) is 0 Å². The van der Waals surface area contributed by atoms with Gasteiger partial charge in [-0.15, -0.1) is 0 Å². The Balaban J connectivity index is 1.84. The highest BCUT2D eigenvalue weighted by Gasteiger charge is 2.26. The highest BCUT2D eigenvalue weighted by molar-refractivity contribution is 6.02. The van der Waals surface area contributed by atoms with Gasteiger partial charge >= 0.3 is 5.97 Å². The van der Waals surface area contributed by atoms with E-state index in [1.54, 1.807) is 49.5 Å². The highest BCUT2D eigenvalue weighted by Crippen LogP contribution is 2.17. The maximum atomic E-state index is 13.2. The molecular formula is C24H22N2O5. The van der Waals surface area contributed by atoms with E-state index in [-0.39, 0.29) is 29.5 Å². The Morgan fingerprint density at radius 2 is 1.48 bits per heavy atom. The number of aromatic hydroxyl groups is 1. The Kier molecular flexibility index (Phi) is 6.67. The van der Waals surface area contributed by atoms with Crippen molar-refractivity contribution in [1.29, 1.82) is 0 Å². The Bertz CT molecular complexity index is 1060. The predicted octanol–water partition coefficient (Wildman–Crippen LogP) is 3.09. The molecule has 0 radical (unpaired) electrons. The zero-order valence-corrected chi connectivity index (χ0v) is 16.9. The third kappa shape index (κ3) is 5.48. The molecule has 0 aliphatic carbocycles. The van der Waals surface area contributed by atoms with E-state index < -0.39 is 12.0 Å². The second-order valence-corrected chi connectivity index (χ2v) is 7.01. The lowest BCUT2D eigenvalue weighted by Gasteiger charge is -2.25. The van der Waals surface area contributed by atoms with Crippen LogP contribution in [0.15, 0.2) is 78.9 Å². The number of carboxylic acid groups (broad SMARTS) is 1. The largest absolute Gasteiger partial charge is 0.508 e. The molecule has 0 saturated heterocycles. The summed E-state index contributed by atoms with van der Waals surface area (Å²) in [6.45, 7) is 0. The summed E-state index contributed by atoms with van der Waals surface area (Å²) in [6.07, 6.45) is 0.217. The minimum absolute atomic E-state index is 0.107. The Labute approximate surface area is 179 Å². The summed E-state index contributed by atoms with van der Waals surface area (Å²) in [5.74, 6) is -1.69. The van der Waals surface area contributed by atoms with Gasteiger partial charge in [-0.05, 0) is 54.1 Å². The van der Waals surface area contributed by atoms with Gasteiger partial charge in [-0.1, -0.05) is 30.3 Å². The fourth-order valence-corrected chi connectivity index (χ4v) is 3.09. The third-order valence-corrected chi connectivity index (χ3v) is 4.85. The van der Waals surface area contributed by atoms with Crippen molar-refractivity contribution in [1.82, 2.24) is 5.32 Å². The summed E-state index contributed by atoms with van der Waals surface area (Å²) in [6, 6.07) is 20.0. The van der Waals surface area contributed by atoms with Crippen LogP contribution >= 0.6 is 0 Å². The number of nitrogens with one attached hydrogen (secondary N) is 1. The number of likely N-dealkylation sites (N-methyl/N-ethyl adjacent to an activating group) is 1. The van der Waals surface area contributed by atoms with Crippen molar-refractivity contribution < 1.29 is 24.6 Å². The van der Waals surface area contributed by atoms with E-state index in [2.05, 4.69) is 5.32 Å². The average molecular weight is 418 g/mol. The van der Waals surface area contributed by atoms with Gasteiger partial charge in [-0.3, -0.25) is 9.59 Å². The molecule has 0 fully saturated rings. The van der Waals surface area contributed by atoms with Crippen molar-refractivity contribution in [2.75, 3.05) is 11.9 Å². The minimum Gasteiger partial charge on any atom is -0.508 e. The highest BCUT2D eigenvalue weighted by atomic mass is 16.4. The van der Waals surface area contributed by atoms with E-state index in [1.807, 2.05) is 0 Å². The number of carboxylic acids is 1. The summed E-state index contributed by atoms with van der Waals surface area (Å²) >= 11 is 0. The summed E-state index contributed by atoms with van der Waals surface area (Å²) in [5, 5.41) is 21.4. The summed E-state index contributed by atoms with van der Waals surface area (Å²) in [7, 11) is 1.57. The van der Waals surface area contributed by atoms with E-state index in [9.17, 15) is 19.5 Å². The van der Waals surface area contributed by atoms with E-state index in [4.69, 9.17) is 5.11 Å². The smallest absolute Gasteiger partial charge is 0.335 e. The minimum atomic E-state index is -1.05. The zero-order valence-electron chi connectivity index (χ0n) is 16.9. The first-order valence-electron chi connectivity index (χ1n) is 9.60. The molecule has 0 aliphatic rings. The molecule has 3 aromatic rings. The second-order valence-electron chi connectivity index (χ2n) is 7.01. The molecular weight excluding hydrogens is 396 g/mol. The number of hydrogen-bond acceptors (Lipinski definition) is 4. The van der Waals surface area contributed by atoms with Gasteiger partial charge in [-0.25, -0.2) is 4.79 Å². The first-order valence-corrected chi connectivity index (χ1v) is 9.60. The lowest BCUT2D eigenvalue weighted by atomic mass is 10.0. The van der Waals surface area contributed by atoms with Crippen molar-refractivity contribution >= 4 is 23.5 Å². The van der Waals surface area contributed by atoms with Gasteiger partial charge in [0.15, 0.2) is 0 Å². The van der Waals surface area contributed by atoms with Crippen LogP contribution < -0.4 is 10.2 Å². The molecule has 158 valence electrons. The first-order chi connectivity index (χ1) is 14.8. The maximum Gasteiger partial charge on any atom is 0.335 e. The van der Waals surface area contributed by atoms with E-state index >= 15 is 0 Å². The molecule has 1 atom stereocenters. The average Bonchev–Trinajstić information content (AvgIpc) is 2.79. The number of aromatic carboxylic acids is 1. The normalized spacial score (nSPS) is 11.4. The summed E-state index contributed by atoms with van der Waals surface area (Å²) < 4.78 is 0. The van der Waals surface area contributed by atoms with Crippen LogP contribution in [0.4, 0.5) is 5.69 Å².